The van der Waals surface area contributed by atoms with Gasteiger partial charge in [-0.05, 0) is 12.1 Å². The Morgan fingerprint density at radius 1 is 1.08 bits per heavy atom. The molecule has 0 aliphatic carbocycles. The molecule has 0 saturated carbocycles. The molecule has 0 aliphatic rings. The highest BCUT2D eigenvalue weighted by Crippen LogP contribution is 2.20. The summed E-state index contributed by atoms with van der Waals surface area (Å²) in [5.41, 5.74) is -0.0180. The maximum Gasteiger partial charge on any atom is 0.202 e. The highest BCUT2D eigenvalue weighted by molar-refractivity contribution is 5.21. The predicted molar refractivity (Wildman–Crippen MR) is 49.8 cm³/mol. The van der Waals surface area contributed by atoms with E-state index in [9.17, 15) is 0 Å². The van der Waals surface area contributed by atoms with Gasteiger partial charge >= 0.3 is 0 Å². The molecule has 0 spiro atoms. The van der Waals surface area contributed by atoms with E-state index < -0.39 is 0 Å². The van der Waals surface area contributed by atoms with Crippen LogP contribution in [0.3, 0.4) is 0 Å². The van der Waals surface area contributed by atoms with Gasteiger partial charge in [0.15, 0.2) is 0 Å². The minimum absolute atomic E-state index is 0.0180. The maximum absolute atomic E-state index is 5.32. The van der Waals surface area contributed by atoms with Gasteiger partial charge < -0.3 is 4.74 Å². The van der Waals surface area contributed by atoms with Gasteiger partial charge in [-0.15, -0.1) is 0 Å². The Labute approximate surface area is 74.4 Å². The van der Waals surface area contributed by atoms with E-state index in [1.54, 1.807) is 0 Å². The quantitative estimate of drug-likeness (QED) is 0.649. The van der Waals surface area contributed by atoms with E-state index in [2.05, 4.69) is 27.4 Å². The van der Waals surface area contributed by atoms with Gasteiger partial charge in [-0.1, -0.05) is 39.0 Å². The molecular weight excluding hydrogens is 148 g/mol. The zero-order valence-electron chi connectivity index (χ0n) is 7.79. The van der Waals surface area contributed by atoms with Crippen LogP contribution in [0.1, 0.15) is 20.8 Å². The lowest BCUT2D eigenvalue weighted by atomic mass is 9.99. The molecule has 0 saturated heterocycles. The van der Waals surface area contributed by atoms with Crippen LogP contribution in [0.25, 0.3) is 0 Å². The average molecular weight is 162 g/mol. The fraction of sp³-hybridized carbons (Fsp3) is 0.364. The molecule has 0 aromatic heterocycles. The van der Waals surface area contributed by atoms with Crippen molar-refractivity contribution in [1.29, 1.82) is 0 Å². The molecule has 12 heavy (non-hydrogen) atoms. The van der Waals surface area contributed by atoms with E-state index in [4.69, 9.17) is 4.74 Å². The fourth-order valence-electron chi connectivity index (χ4n) is 0.701. The molecule has 0 N–H and O–H groups in total. The summed E-state index contributed by atoms with van der Waals surface area (Å²) in [6, 6.07) is 9.68. The Hall–Kier alpha value is -0.980. The Kier molecular flexibility index (Phi) is 2.74. The summed E-state index contributed by atoms with van der Waals surface area (Å²) in [4.78, 5) is 0. The van der Waals surface area contributed by atoms with Crippen molar-refractivity contribution in [1.82, 2.24) is 0 Å². The van der Waals surface area contributed by atoms with Crippen LogP contribution in [0, 0.1) is 12.0 Å². The lowest BCUT2D eigenvalue weighted by molar-refractivity contribution is 0.280. The van der Waals surface area contributed by atoms with E-state index >= 15 is 0 Å². The fourth-order valence-corrected chi connectivity index (χ4v) is 0.701. The Morgan fingerprint density at radius 3 is 2.17 bits per heavy atom. The first-order chi connectivity index (χ1) is 5.58. The average Bonchev–Trinajstić information content (AvgIpc) is 2.02. The normalized spacial score (nSPS) is 11.2. The van der Waals surface area contributed by atoms with Crippen LogP contribution in [0.4, 0.5) is 0 Å². The number of hydrogen-bond acceptors (Lipinski definition) is 1. The van der Waals surface area contributed by atoms with Crippen molar-refractivity contribution in [3.05, 3.63) is 36.9 Å². The number of rotatable bonds is 2. The number of ether oxygens (including phenoxy) is 1. The first-order valence-corrected chi connectivity index (χ1v) is 4.07. The summed E-state index contributed by atoms with van der Waals surface area (Å²) >= 11 is 0. The van der Waals surface area contributed by atoms with Gasteiger partial charge in [0.25, 0.3) is 0 Å². The second-order valence-electron chi connectivity index (χ2n) is 3.77. The SMILES string of the molecule is CC(C)(C)[C]Oc1ccccc1. The van der Waals surface area contributed by atoms with Gasteiger partial charge in [0.1, 0.15) is 5.75 Å². The van der Waals surface area contributed by atoms with Crippen molar-refractivity contribution < 1.29 is 4.74 Å². The molecule has 1 nitrogen and oxygen atoms in total. The molecule has 0 atom stereocenters. The van der Waals surface area contributed by atoms with Crippen LogP contribution in [0.5, 0.6) is 5.75 Å². The minimum Gasteiger partial charge on any atom is -0.478 e. The third-order valence-corrected chi connectivity index (χ3v) is 1.22. The van der Waals surface area contributed by atoms with Crippen LogP contribution in [0.15, 0.2) is 30.3 Å². The summed E-state index contributed by atoms with van der Waals surface area (Å²) in [6.45, 7) is 9.09. The molecule has 0 aliphatic heterocycles. The number of hydrogen-bond donors (Lipinski definition) is 0. The third-order valence-electron chi connectivity index (χ3n) is 1.22. The van der Waals surface area contributed by atoms with Gasteiger partial charge in [-0.25, -0.2) is 0 Å². The lowest BCUT2D eigenvalue weighted by Gasteiger charge is -2.15. The Morgan fingerprint density at radius 2 is 1.67 bits per heavy atom. The van der Waals surface area contributed by atoms with Crippen molar-refractivity contribution in [2.24, 2.45) is 5.41 Å². The largest absolute Gasteiger partial charge is 0.478 e. The van der Waals surface area contributed by atoms with E-state index in [0.29, 0.717) is 0 Å². The van der Waals surface area contributed by atoms with Gasteiger partial charge in [0.05, 0.1) is 0 Å². The van der Waals surface area contributed by atoms with E-state index in [-0.39, 0.29) is 5.41 Å². The highest BCUT2D eigenvalue weighted by Gasteiger charge is 2.13. The van der Waals surface area contributed by atoms with Gasteiger partial charge in [-0.3, -0.25) is 0 Å². The van der Waals surface area contributed by atoms with Gasteiger partial charge in [-0.2, -0.15) is 0 Å². The van der Waals surface area contributed by atoms with Gasteiger partial charge in [0, 0.05) is 5.41 Å². The Balaban J connectivity index is 2.44. The van der Waals surface area contributed by atoms with Crippen molar-refractivity contribution in [2.75, 3.05) is 0 Å². The van der Waals surface area contributed by atoms with Crippen LogP contribution < -0.4 is 4.74 Å². The van der Waals surface area contributed by atoms with Crippen molar-refractivity contribution in [2.45, 2.75) is 20.8 Å². The summed E-state index contributed by atoms with van der Waals surface area (Å²) in [5.74, 6) is 0.840. The predicted octanol–water partition coefficient (Wildman–Crippen LogP) is 3.15. The molecule has 64 valence electrons. The summed E-state index contributed by atoms with van der Waals surface area (Å²) in [5, 5.41) is 0. The van der Waals surface area contributed by atoms with Crippen molar-refractivity contribution in [3.63, 3.8) is 0 Å². The van der Waals surface area contributed by atoms with Crippen molar-refractivity contribution >= 4 is 0 Å². The highest BCUT2D eigenvalue weighted by atomic mass is 16.5. The van der Waals surface area contributed by atoms with Crippen molar-refractivity contribution in [3.8, 4) is 5.75 Å². The number of benzene rings is 1. The molecule has 0 fully saturated rings. The van der Waals surface area contributed by atoms with E-state index in [1.165, 1.54) is 0 Å². The molecule has 1 rings (SSSR count). The molecule has 1 aromatic rings. The molecule has 0 bridgehead atoms. The summed E-state index contributed by atoms with van der Waals surface area (Å²) in [7, 11) is 0. The zero-order chi connectivity index (χ0) is 9.03. The Bertz CT molecular complexity index is 221. The monoisotopic (exact) mass is 162 g/mol. The second kappa shape index (κ2) is 3.61. The zero-order valence-corrected chi connectivity index (χ0v) is 7.79. The topological polar surface area (TPSA) is 9.23 Å². The number of para-hydroxylation sites is 1. The van der Waals surface area contributed by atoms with E-state index in [0.717, 1.165) is 5.75 Å². The molecule has 0 amide bonds. The molecule has 2 radical (unpaired) electrons. The van der Waals surface area contributed by atoms with Crippen LogP contribution in [-0.4, -0.2) is 0 Å². The molecular formula is C11H14O. The maximum atomic E-state index is 5.32. The van der Waals surface area contributed by atoms with Gasteiger partial charge in [0.2, 0.25) is 6.61 Å². The molecule has 1 heteroatoms. The van der Waals surface area contributed by atoms with E-state index in [1.807, 2.05) is 30.3 Å². The van der Waals surface area contributed by atoms with Crippen LogP contribution in [0.2, 0.25) is 0 Å². The summed E-state index contributed by atoms with van der Waals surface area (Å²) in [6.07, 6.45) is 0. The smallest absolute Gasteiger partial charge is 0.202 e. The lowest BCUT2D eigenvalue weighted by Crippen LogP contribution is -2.10. The van der Waals surface area contributed by atoms with Crippen LogP contribution in [-0.2, 0) is 0 Å². The first-order valence-electron chi connectivity index (χ1n) is 4.07. The standard InChI is InChI=1S/C11H14O/c1-11(2,3)9-12-10-7-5-4-6-8-10/h4-8H,1-3H3. The summed E-state index contributed by atoms with van der Waals surface area (Å²) < 4.78 is 5.32. The first kappa shape index (κ1) is 9.11. The molecule has 0 heterocycles. The minimum atomic E-state index is -0.0180. The molecule has 0 unspecified atom stereocenters. The second-order valence-corrected chi connectivity index (χ2v) is 3.77. The molecule has 1 aromatic carbocycles. The third kappa shape index (κ3) is 3.42. The van der Waals surface area contributed by atoms with Crippen LogP contribution >= 0.6 is 0 Å².